The second kappa shape index (κ2) is 7.49. The predicted octanol–water partition coefficient (Wildman–Crippen LogP) is 3.78. The number of hydrogen-bond donors (Lipinski definition) is 1. The van der Waals surface area contributed by atoms with Gasteiger partial charge >= 0.3 is 6.18 Å². The Morgan fingerprint density at radius 2 is 1.69 bits per heavy atom. The minimum Gasteiger partial charge on any atom is -0.390 e. The molecular formula is C20H16F3NO4S. The van der Waals surface area contributed by atoms with E-state index in [0.29, 0.717) is 3.97 Å². The van der Waals surface area contributed by atoms with Gasteiger partial charge in [-0.15, -0.1) is 0 Å². The van der Waals surface area contributed by atoms with E-state index in [1.807, 2.05) is 0 Å². The van der Waals surface area contributed by atoms with Crippen LogP contribution in [0.3, 0.4) is 0 Å². The van der Waals surface area contributed by atoms with Crippen LogP contribution in [-0.4, -0.2) is 23.3 Å². The summed E-state index contributed by atoms with van der Waals surface area (Å²) in [5.41, 5.74) is -1.31. The van der Waals surface area contributed by atoms with Crippen LogP contribution in [0, 0.1) is 6.92 Å². The fourth-order valence-electron chi connectivity index (χ4n) is 2.86. The Balaban J connectivity index is 2.10. The van der Waals surface area contributed by atoms with Crippen LogP contribution < -0.4 is 0 Å². The summed E-state index contributed by atoms with van der Waals surface area (Å²) in [6.07, 6.45) is -3.82. The number of nitrogens with zero attached hydrogens (tertiary/aromatic N) is 1. The quantitative estimate of drug-likeness (QED) is 0.634. The average Bonchev–Trinajstić information content (AvgIpc) is 3.12. The maximum Gasteiger partial charge on any atom is 0.417 e. The lowest BCUT2D eigenvalue weighted by atomic mass is 9.99. The van der Waals surface area contributed by atoms with E-state index < -0.39 is 39.7 Å². The number of carbonyl (C=O) groups excluding carboxylic acids is 1. The number of alkyl halides is 3. The van der Waals surface area contributed by atoms with E-state index in [-0.39, 0.29) is 16.2 Å². The predicted molar refractivity (Wildman–Crippen MR) is 99.0 cm³/mol. The zero-order valence-electron chi connectivity index (χ0n) is 15.1. The molecule has 1 N–H and O–H groups in total. The Bertz CT molecular complexity index is 1160. The lowest BCUT2D eigenvalue weighted by molar-refractivity contribution is -0.137. The number of carbonyl (C=O) groups is 1. The number of hydrogen-bond acceptors (Lipinski definition) is 4. The number of aryl methyl sites for hydroxylation is 1. The summed E-state index contributed by atoms with van der Waals surface area (Å²) in [6, 6.07) is 11.2. The summed E-state index contributed by atoms with van der Waals surface area (Å²) in [4.78, 5) is 12.6. The Kier molecular flexibility index (Phi) is 5.38. The molecular weight excluding hydrogens is 407 g/mol. The van der Waals surface area contributed by atoms with Gasteiger partial charge in [0.15, 0.2) is 5.78 Å². The maximum atomic E-state index is 13.2. The van der Waals surface area contributed by atoms with Gasteiger partial charge in [-0.05, 0) is 31.2 Å². The summed E-state index contributed by atoms with van der Waals surface area (Å²) >= 11 is 0. The van der Waals surface area contributed by atoms with E-state index in [4.69, 9.17) is 0 Å². The standard InChI is InChI=1S/C20H16F3NO4S/c1-13-6-8-16(9-7-13)29(27,28)24-11-14(10-15(24)12-25)19(26)17-4-2-3-5-18(17)20(21,22)23/h2-11,25H,12H2,1H3. The van der Waals surface area contributed by atoms with Crippen molar-refractivity contribution in [3.8, 4) is 0 Å². The third-order valence-corrected chi connectivity index (χ3v) is 6.07. The largest absolute Gasteiger partial charge is 0.417 e. The molecule has 9 heteroatoms. The van der Waals surface area contributed by atoms with Crippen LogP contribution in [0.5, 0.6) is 0 Å². The van der Waals surface area contributed by atoms with Crippen LogP contribution in [0.2, 0.25) is 0 Å². The molecule has 0 unspecified atom stereocenters. The summed E-state index contributed by atoms with van der Waals surface area (Å²) in [7, 11) is -4.15. The van der Waals surface area contributed by atoms with Gasteiger partial charge in [-0.2, -0.15) is 13.2 Å². The van der Waals surface area contributed by atoms with Gasteiger partial charge in [-0.3, -0.25) is 4.79 Å². The summed E-state index contributed by atoms with van der Waals surface area (Å²) in [5.74, 6) is -0.995. The smallest absolute Gasteiger partial charge is 0.390 e. The Morgan fingerprint density at radius 1 is 1.07 bits per heavy atom. The molecule has 3 rings (SSSR count). The number of benzene rings is 2. The molecule has 0 atom stereocenters. The van der Waals surface area contributed by atoms with E-state index in [0.717, 1.165) is 36.0 Å². The highest BCUT2D eigenvalue weighted by Crippen LogP contribution is 2.33. The number of aliphatic hydroxyl groups is 1. The minimum absolute atomic E-state index is 0.0805. The molecule has 2 aromatic carbocycles. The lowest BCUT2D eigenvalue weighted by Gasteiger charge is -2.11. The molecule has 152 valence electrons. The second-order valence-corrected chi connectivity index (χ2v) is 8.18. The van der Waals surface area contributed by atoms with E-state index >= 15 is 0 Å². The number of halogens is 3. The summed E-state index contributed by atoms with van der Waals surface area (Å²) in [6.45, 7) is 1.05. The highest BCUT2D eigenvalue weighted by molar-refractivity contribution is 7.90. The molecule has 1 aromatic heterocycles. The minimum atomic E-state index is -4.75. The molecule has 0 spiro atoms. The van der Waals surface area contributed by atoms with Crippen molar-refractivity contribution in [2.75, 3.05) is 0 Å². The Morgan fingerprint density at radius 3 is 2.28 bits per heavy atom. The van der Waals surface area contributed by atoms with Gasteiger partial charge in [-0.25, -0.2) is 12.4 Å². The fourth-order valence-corrected chi connectivity index (χ4v) is 4.24. The molecule has 0 radical (unpaired) electrons. The molecule has 3 aromatic rings. The van der Waals surface area contributed by atoms with Crippen molar-refractivity contribution in [3.63, 3.8) is 0 Å². The number of aromatic nitrogens is 1. The Labute approximate surface area is 165 Å². The molecule has 5 nitrogen and oxygen atoms in total. The second-order valence-electron chi connectivity index (χ2n) is 6.36. The molecule has 0 aliphatic rings. The van der Waals surface area contributed by atoms with Gasteiger partial charge in [0.2, 0.25) is 0 Å². The van der Waals surface area contributed by atoms with Crippen LogP contribution in [0.1, 0.15) is 32.7 Å². The average molecular weight is 423 g/mol. The van der Waals surface area contributed by atoms with Crippen molar-refractivity contribution in [1.29, 1.82) is 0 Å². The van der Waals surface area contributed by atoms with Gasteiger partial charge in [0, 0.05) is 17.3 Å². The molecule has 0 aliphatic carbocycles. The number of rotatable bonds is 5. The first kappa shape index (κ1) is 20.8. The van der Waals surface area contributed by atoms with Crippen molar-refractivity contribution in [1.82, 2.24) is 3.97 Å². The number of aliphatic hydroxyl groups excluding tert-OH is 1. The topological polar surface area (TPSA) is 76.4 Å². The van der Waals surface area contributed by atoms with Crippen LogP contribution in [0.15, 0.2) is 65.7 Å². The summed E-state index contributed by atoms with van der Waals surface area (Å²) < 4.78 is 66.2. The zero-order valence-corrected chi connectivity index (χ0v) is 16.0. The van der Waals surface area contributed by atoms with Crippen molar-refractivity contribution in [2.45, 2.75) is 24.6 Å². The van der Waals surface area contributed by atoms with Gasteiger partial charge in [0.05, 0.1) is 22.8 Å². The van der Waals surface area contributed by atoms with Gasteiger partial charge in [-0.1, -0.05) is 35.9 Å². The van der Waals surface area contributed by atoms with Gasteiger partial charge in [0.25, 0.3) is 10.0 Å². The van der Waals surface area contributed by atoms with E-state index in [2.05, 4.69) is 0 Å². The molecule has 0 aliphatic heterocycles. The SMILES string of the molecule is Cc1ccc(S(=O)(=O)n2cc(C(=O)c3ccccc3C(F)(F)F)cc2CO)cc1. The van der Waals surface area contributed by atoms with Crippen LogP contribution >= 0.6 is 0 Å². The van der Waals surface area contributed by atoms with Crippen molar-refractivity contribution in [3.05, 3.63) is 88.7 Å². The van der Waals surface area contributed by atoms with E-state index in [9.17, 15) is 31.5 Å². The maximum absolute atomic E-state index is 13.2. The molecule has 0 fully saturated rings. The van der Waals surface area contributed by atoms with Crippen molar-refractivity contribution >= 4 is 15.8 Å². The molecule has 29 heavy (non-hydrogen) atoms. The third-order valence-electron chi connectivity index (χ3n) is 4.34. The highest BCUT2D eigenvalue weighted by Gasteiger charge is 2.35. The molecule has 0 saturated carbocycles. The first-order valence-corrected chi connectivity index (χ1v) is 9.85. The third kappa shape index (κ3) is 3.96. The van der Waals surface area contributed by atoms with Crippen LogP contribution in [0.4, 0.5) is 13.2 Å². The monoisotopic (exact) mass is 423 g/mol. The molecule has 0 amide bonds. The van der Waals surface area contributed by atoms with Crippen LogP contribution in [0.25, 0.3) is 0 Å². The lowest BCUT2D eigenvalue weighted by Crippen LogP contribution is -2.15. The highest BCUT2D eigenvalue weighted by atomic mass is 32.2. The summed E-state index contributed by atoms with van der Waals surface area (Å²) in [5, 5.41) is 9.55. The van der Waals surface area contributed by atoms with Gasteiger partial charge < -0.3 is 5.11 Å². The first-order valence-electron chi connectivity index (χ1n) is 8.41. The van der Waals surface area contributed by atoms with E-state index in [1.165, 1.54) is 18.2 Å². The number of ketones is 1. The van der Waals surface area contributed by atoms with Gasteiger partial charge in [0.1, 0.15) is 0 Å². The Hall–Kier alpha value is -2.91. The molecule has 0 saturated heterocycles. The molecule has 0 bridgehead atoms. The van der Waals surface area contributed by atoms with Crippen molar-refractivity contribution < 1.29 is 31.5 Å². The van der Waals surface area contributed by atoms with Crippen molar-refractivity contribution in [2.24, 2.45) is 0 Å². The fraction of sp³-hybridized carbons (Fsp3) is 0.150. The van der Waals surface area contributed by atoms with E-state index in [1.54, 1.807) is 19.1 Å². The molecule has 1 heterocycles. The van der Waals surface area contributed by atoms with Crippen LogP contribution in [-0.2, 0) is 22.8 Å². The first-order chi connectivity index (χ1) is 13.6. The zero-order chi connectivity index (χ0) is 21.4. The normalized spacial score (nSPS) is 12.2.